The van der Waals surface area contributed by atoms with Crippen molar-refractivity contribution in [3.05, 3.63) is 35.9 Å². The molecule has 6 heteroatoms. The third-order valence-electron chi connectivity index (χ3n) is 3.47. The fraction of sp³-hybridized carbons (Fsp3) is 0.417. The van der Waals surface area contributed by atoms with Crippen molar-refractivity contribution in [2.24, 2.45) is 5.92 Å². The molecule has 1 aromatic rings. The molecule has 2 atom stereocenters. The summed E-state index contributed by atoms with van der Waals surface area (Å²) in [4.78, 5) is 11.5. The van der Waals surface area contributed by atoms with E-state index in [-0.39, 0.29) is 18.6 Å². The SMILES string of the molecule is CCOC(=O)[C@H]1C[C@]1(c1ccccc1)[B-](F)(F)F. The average Bonchev–Trinajstić information content (AvgIpc) is 3.06. The monoisotopic (exact) mass is 257 g/mol. The van der Waals surface area contributed by atoms with Gasteiger partial charge in [-0.3, -0.25) is 4.79 Å². The number of hydrogen-bond acceptors (Lipinski definition) is 2. The Balaban J connectivity index is 2.33. The maximum Gasteiger partial charge on any atom is 0.489 e. The molecule has 0 spiro atoms. The molecule has 2 rings (SSSR count). The number of carbonyl (C=O) groups excluding carboxylic acids is 1. The van der Waals surface area contributed by atoms with E-state index in [1.165, 1.54) is 12.1 Å². The fourth-order valence-electron chi connectivity index (χ4n) is 2.43. The molecule has 98 valence electrons. The van der Waals surface area contributed by atoms with Crippen LogP contribution in [0.4, 0.5) is 12.9 Å². The summed E-state index contributed by atoms with van der Waals surface area (Å²) < 4.78 is 44.6. The standard InChI is InChI=1S/C12H13BF3O2/c1-2-18-11(17)10-8-12(10,13(14,15)16)9-6-4-3-5-7-9/h3-7,10H,2,8H2,1H3/q-1/t10-,12-/m1/s1. The molecule has 0 bridgehead atoms. The van der Waals surface area contributed by atoms with E-state index in [0.29, 0.717) is 0 Å². The number of benzene rings is 1. The predicted molar refractivity (Wildman–Crippen MR) is 61.9 cm³/mol. The van der Waals surface area contributed by atoms with Gasteiger partial charge in [-0.25, -0.2) is 0 Å². The van der Waals surface area contributed by atoms with Gasteiger partial charge in [0.25, 0.3) is 0 Å². The fourth-order valence-corrected chi connectivity index (χ4v) is 2.43. The summed E-state index contributed by atoms with van der Waals surface area (Å²) in [6.45, 7) is -3.44. The Bertz CT molecular complexity index is 446. The van der Waals surface area contributed by atoms with Crippen LogP contribution in [-0.4, -0.2) is 19.6 Å². The van der Waals surface area contributed by atoms with Gasteiger partial charge in [0, 0.05) is 5.92 Å². The molecular formula is C12H13BF3O2-. The third-order valence-corrected chi connectivity index (χ3v) is 3.47. The third kappa shape index (κ3) is 1.89. The highest BCUT2D eigenvalue weighted by Gasteiger charge is 2.69. The normalized spacial score (nSPS) is 26.8. The van der Waals surface area contributed by atoms with Crippen LogP contribution >= 0.6 is 0 Å². The Morgan fingerprint density at radius 2 is 2.00 bits per heavy atom. The minimum Gasteiger partial charge on any atom is -0.466 e. The summed E-state index contributed by atoms with van der Waals surface area (Å²) >= 11 is 0. The second kappa shape index (κ2) is 4.33. The molecule has 0 amide bonds. The molecule has 0 radical (unpaired) electrons. The van der Waals surface area contributed by atoms with Crippen LogP contribution < -0.4 is 0 Å². The van der Waals surface area contributed by atoms with E-state index >= 15 is 0 Å². The molecule has 1 aromatic carbocycles. The highest BCUT2D eigenvalue weighted by Crippen LogP contribution is 2.61. The second-order valence-electron chi connectivity index (χ2n) is 4.49. The van der Waals surface area contributed by atoms with Gasteiger partial charge in [0.15, 0.2) is 0 Å². The van der Waals surface area contributed by atoms with Gasteiger partial charge in [0.2, 0.25) is 0 Å². The van der Waals surface area contributed by atoms with E-state index in [0.717, 1.165) is 0 Å². The molecule has 1 saturated carbocycles. The average molecular weight is 257 g/mol. The van der Waals surface area contributed by atoms with Gasteiger partial charge in [-0.15, -0.1) is 0 Å². The molecular weight excluding hydrogens is 244 g/mol. The molecule has 1 fully saturated rings. The smallest absolute Gasteiger partial charge is 0.466 e. The first-order chi connectivity index (χ1) is 8.43. The Labute approximate surface area is 103 Å². The van der Waals surface area contributed by atoms with E-state index in [9.17, 15) is 17.7 Å². The van der Waals surface area contributed by atoms with Crippen molar-refractivity contribution in [3.63, 3.8) is 0 Å². The van der Waals surface area contributed by atoms with Gasteiger partial charge >= 0.3 is 12.9 Å². The van der Waals surface area contributed by atoms with Gasteiger partial charge in [0.05, 0.1) is 6.61 Å². The van der Waals surface area contributed by atoms with Gasteiger partial charge in [-0.2, -0.15) is 0 Å². The number of rotatable bonds is 4. The molecule has 1 aliphatic rings. The Kier molecular flexibility index (Phi) is 3.13. The van der Waals surface area contributed by atoms with Crippen molar-refractivity contribution in [2.45, 2.75) is 18.7 Å². The zero-order valence-corrected chi connectivity index (χ0v) is 9.91. The Morgan fingerprint density at radius 3 is 2.50 bits per heavy atom. The lowest BCUT2D eigenvalue weighted by Crippen LogP contribution is -2.38. The number of halogens is 3. The second-order valence-corrected chi connectivity index (χ2v) is 4.49. The van der Waals surface area contributed by atoms with Crippen LogP contribution in [0.1, 0.15) is 18.9 Å². The number of esters is 1. The van der Waals surface area contributed by atoms with Gasteiger partial charge < -0.3 is 17.7 Å². The topological polar surface area (TPSA) is 26.3 Å². The highest BCUT2D eigenvalue weighted by molar-refractivity contribution is 6.64. The molecule has 1 aliphatic carbocycles. The zero-order chi connectivity index (χ0) is 13.4. The quantitative estimate of drug-likeness (QED) is 0.612. The van der Waals surface area contributed by atoms with Crippen LogP contribution in [0.15, 0.2) is 30.3 Å². The first kappa shape index (κ1) is 13.0. The lowest BCUT2D eigenvalue weighted by Gasteiger charge is -2.28. The highest BCUT2D eigenvalue weighted by atomic mass is 19.4. The van der Waals surface area contributed by atoms with Gasteiger partial charge in [-0.05, 0) is 12.2 Å². The first-order valence-electron chi connectivity index (χ1n) is 5.85. The first-order valence-corrected chi connectivity index (χ1v) is 5.85. The Morgan fingerprint density at radius 1 is 1.39 bits per heavy atom. The lowest BCUT2D eigenvalue weighted by atomic mass is 9.63. The molecule has 0 saturated heterocycles. The van der Waals surface area contributed by atoms with Gasteiger partial charge in [0.1, 0.15) is 0 Å². The minimum absolute atomic E-state index is 0.102. The van der Waals surface area contributed by atoms with Crippen LogP contribution in [0.25, 0.3) is 0 Å². The summed E-state index contributed by atoms with van der Waals surface area (Å²) in [6, 6.07) is 7.62. The number of ether oxygens (including phenoxy) is 1. The molecule has 0 unspecified atom stereocenters. The predicted octanol–water partition coefficient (Wildman–Crippen LogP) is 2.89. The molecule has 2 nitrogen and oxygen atoms in total. The van der Waals surface area contributed by atoms with Crippen molar-refractivity contribution >= 4 is 12.9 Å². The van der Waals surface area contributed by atoms with Crippen LogP contribution in [0.2, 0.25) is 0 Å². The van der Waals surface area contributed by atoms with Crippen molar-refractivity contribution < 1.29 is 22.5 Å². The van der Waals surface area contributed by atoms with E-state index in [1.54, 1.807) is 25.1 Å². The minimum atomic E-state index is -5.13. The summed E-state index contributed by atoms with van der Waals surface area (Å²) in [5.74, 6) is -1.83. The van der Waals surface area contributed by atoms with Crippen molar-refractivity contribution in [1.82, 2.24) is 0 Å². The maximum atomic E-state index is 13.3. The molecule has 0 heterocycles. The molecule has 0 aliphatic heterocycles. The number of carbonyl (C=O) groups is 1. The largest absolute Gasteiger partial charge is 0.489 e. The zero-order valence-electron chi connectivity index (χ0n) is 9.91. The van der Waals surface area contributed by atoms with Crippen molar-refractivity contribution in [1.29, 1.82) is 0 Å². The van der Waals surface area contributed by atoms with Crippen LogP contribution in [-0.2, 0) is 14.8 Å². The lowest BCUT2D eigenvalue weighted by molar-refractivity contribution is -0.145. The van der Waals surface area contributed by atoms with E-state index in [4.69, 9.17) is 4.74 Å². The van der Waals surface area contributed by atoms with E-state index in [1.807, 2.05) is 0 Å². The van der Waals surface area contributed by atoms with Crippen LogP contribution in [0, 0.1) is 5.92 Å². The maximum absolute atomic E-state index is 13.3. The molecule has 0 aromatic heterocycles. The van der Waals surface area contributed by atoms with E-state index in [2.05, 4.69) is 0 Å². The van der Waals surface area contributed by atoms with E-state index < -0.39 is 24.2 Å². The van der Waals surface area contributed by atoms with Crippen molar-refractivity contribution in [3.8, 4) is 0 Å². The number of hydrogen-bond donors (Lipinski definition) is 0. The van der Waals surface area contributed by atoms with Gasteiger partial charge in [-0.1, -0.05) is 42.3 Å². The Hall–Kier alpha value is -1.46. The summed E-state index contributed by atoms with van der Waals surface area (Å²) in [5.41, 5.74) is 0.163. The molecule has 18 heavy (non-hydrogen) atoms. The summed E-state index contributed by atoms with van der Waals surface area (Å²) in [5, 5.41) is -1.99. The van der Waals surface area contributed by atoms with Crippen molar-refractivity contribution in [2.75, 3.05) is 6.61 Å². The molecule has 0 N–H and O–H groups in total. The van der Waals surface area contributed by atoms with Crippen LogP contribution in [0.3, 0.4) is 0 Å². The summed E-state index contributed by atoms with van der Waals surface area (Å²) in [6.07, 6.45) is -0.195. The van der Waals surface area contributed by atoms with Crippen LogP contribution in [0.5, 0.6) is 0 Å². The summed E-state index contributed by atoms with van der Waals surface area (Å²) in [7, 11) is 0.